The van der Waals surface area contributed by atoms with Crippen molar-refractivity contribution in [2.45, 2.75) is 25.4 Å². The van der Waals surface area contributed by atoms with Gasteiger partial charge in [0.05, 0.1) is 24.3 Å². The smallest absolute Gasteiger partial charge is 0.238 e. The molecule has 1 amide bonds. The number of rotatable bonds is 5. The molecular formula is C16H21N3O2. The highest BCUT2D eigenvalue weighted by Gasteiger charge is 2.17. The highest BCUT2D eigenvalue weighted by Crippen LogP contribution is 2.13. The molecule has 0 bridgehead atoms. The second kappa shape index (κ2) is 7.77. The first-order valence-electron chi connectivity index (χ1n) is 7.27. The number of anilines is 1. The summed E-state index contributed by atoms with van der Waals surface area (Å²) in [5.74, 6) is -0.0802. The molecular weight excluding hydrogens is 266 g/mol. The SMILES string of the molecule is CN(CC(=O)Nc1cccc(C#N)c1)CC1CCCCO1. The van der Waals surface area contributed by atoms with Crippen LogP contribution in [-0.2, 0) is 9.53 Å². The zero-order chi connectivity index (χ0) is 15.1. The molecule has 0 aromatic heterocycles. The Labute approximate surface area is 125 Å². The summed E-state index contributed by atoms with van der Waals surface area (Å²) in [4.78, 5) is 14.0. The fourth-order valence-corrected chi connectivity index (χ4v) is 2.48. The van der Waals surface area contributed by atoms with Gasteiger partial charge in [0.1, 0.15) is 0 Å². The molecule has 2 rings (SSSR count). The molecule has 5 heteroatoms. The zero-order valence-corrected chi connectivity index (χ0v) is 12.3. The summed E-state index contributed by atoms with van der Waals surface area (Å²) in [5, 5.41) is 11.7. The molecule has 0 aliphatic carbocycles. The van der Waals surface area contributed by atoms with Crippen molar-refractivity contribution in [3.8, 4) is 6.07 Å². The molecule has 1 aliphatic rings. The Balaban J connectivity index is 1.79. The second-order valence-electron chi connectivity index (χ2n) is 5.43. The standard InChI is InChI=1S/C16H21N3O2/c1-19(11-15-7-2-3-8-21-15)12-16(20)18-14-6-4-5-13(9-14)10-17/h4-6,9,15H,2-3,7-8,11-12H2,1H3,(H,18,20). The maximum absolute atomic E-state index is 12.0. The molecule has 1 aromatic rings. The van der Waals surface area contributed by atoms with Gasteiger partial charge >= 0.3 is 0 Å². The molecule has 1 aliphatic heterocycles. The molecule has 0 spiro atoms. The molecule has 1 saturated heterocycles. The predicted octanol–water partition coefficient (Wildman–Crippen LogP) is 2.00. The minimum Gasteiger partial charge on any atom is -0.377 e. The molecule has 1 heterocycles. The van der Waals surface area contributed by atoms with Crippen molar-refractivity contribution in [1.29, 1.82) is 5.26 Å². The first-order valence-corrected chi connectivity index (χ1v) is 7.27. The van der Waals surface area contributed by atoms with Crippen LogP contribution in [0.4, 0.5) is 5.69 Å². The number of benzene rings is 1. The van der Waals surface area contributed by atoms with Crippen LogP contribution in [0.15, 0.2) is 24.3 Å². The number of carbonyl (C=O) groups is 1. The van der Waals surface area contributed by atoms with E-state index in [0.717, 1.165) is 26.0 Å². The molecule has 1 atom stereocenters. The van der Waals surface area contributed by atoms with E-state index in [1.807, 2.05) is 11.9 Å². The summed E-state index contributed by atoms with van der Waals surface area (Å²) < 4.78 is 5.67. The second-order valence-corrected chi connectivity index (χ2v) is 5.43. The normalized spacial score (nSPS) is 18.2. The Morgan fingerprint density at radius 2 is 2.38 bits per heavy atom. The van der Waals surface area contributed by atoms with Crippen molar-refractivity contribution in [3.05, 3.63) is 29.8 Å². The number of carbonyl (C=O) groups excluding carboxylic acids is 1. The van der Waals surface area contributed by atoms with E-state index in [2.05, 4.69) is 11.4 Å². The van der Waals surface area contributed by atoms with Gasteiger partial charge in [-0.2, -0.15) is 5.26 Å². The van der Waals surface area contributed by atoms with Gasteiger partial charge < -0.3 is 10.1 Å². The average Bonchev–Trinajstić information content (AvgIpc) is 2.48. The van der Waals surface area contributed by atoms with Crippen LogP contribution in [0.25, 0.3) is 0 Å². The number of hydrogen-bond donors (Lipinski definition) is 1. The van der Waals surface area contributed by atoms with Crippen molar-refractivity contribution in [2.75, 3.05) is 32.1 Å². The predicted molar refractivity (Wildman–Crippen MR) is 80.9 cm³/mol. The van der Waals surface area contributed by atoms with E-state index in [1.165, 1.54) is 6.42 Å². The minimum absolute atomic E-state index is 0.0802. The van der Waals surface area contributed by atoms with E-state index in [1.54, 1.807) is 24.3 Å². The quantitative estimate of drug-likeness (QED) is 0.899. The van der Waals surface area contributed by atoms with Gasteiger partial charge in [-0.3, -0.25) is 9.69 Å². The van der Waals surface area contributed by atoms with Crippen LogP contribution < -0.4 is 5.32 Å². The largest absolute Gasteiger partial charge is 0.377 e. The number of hydrogen-bond acceptors (Lipinski definition) is 4. The van der Waals surface area contributed by atoms with Crippen LogP contribution in [0.5, 0.6) is 0 Å². The summed E-state index contributed by atoms with van der Waals surface area (Å²) in [6.07, 6.45) is 3.64. The lowest BCUT2D eigenvalue weighted by Gasteiger charge is -2.27. The van der Waals surface area contributed by atoms with E-state index in [9.17, 15) is 4.79 Å². The monoisotopic (exact) mass is 287 g/mol. The van der Waals surface area contributed by atoms with Gasteiger partial charge in [-0.25, -0.2) is 0 Å². The van der Waals surface area contributed by atoms with Crippen molar-refractivity contribution < 1.29 is 9.53 Å². The van der Waals surface area contributed by atoms with Crippen LogP contribution in [-0.4, -0.2) is 43.7 Å². The number of nitrogens with zero attached hydrogens (tertiary/aromatic N) is 2. The number of nitrogens with one attached hydrogen (secondary N) is 1. The summed E-state index contributed by atoms with van der Waals surface area (Å²) in [6.45, 7) is 1.91. The van der Waals surface area contributed by atoms with Crippen molar-refractivity contribution in [3.63, 3.8) is 0 Å². The summed E-state index contributed by atoms with van der Waals surface area (Å²) in [5.41, 5.74) is 1.19. The Kier molecular flexibility index (Phi) is 5.73. The van der Waals surface area contributed by atoms with Gasteiger partial charge in [0.2, 0.25) is 5.91 Å². The van der Waals surface area contributed by atoms with E-state index in [4.69, 9.17) is 10.00 Å². The highest BCUT2D eigenvalue weighted by atomic mass is 16.5. The number of likely N-dealkylation sites (N-methyl/N-ethyl adjacent to an activating group) is 1. The van der Waals surface area contributed by atoms with Crippen LogP contribution >= 0.6 is 0 Å². The lowest BCUT2D eigenvalue weighted by atomic mass is 10.1. The number of amides is 1. The maximum atomic E-state index is 12.0. The topological polar surface area (TPSA) is 65.4 Å². The Bertz CT molecular complexity index is 518. The third-order valence-electron chi connectivity index (χ3n) is 3.48. The molecule has 0 saturated carbocycles. The summed E-state index contributed by atoms with van der Waals surface area (Å²) in [7, 11) is 1.92. The number of ether oxygens (including phenoxy) is 1. The van der Waals surface area contributed by atoms with Crippen LogP contribution in [0.3, 0.4) is 0 Å². The molecule has 1 unspecified atom stereocenters. The van der Waals surface area contributed by atoms with Gasteiger partial charge in [0.25, 0.3) is 0 Å². The van der Waals surface area contributed by atoms with Crippen molar-refractivity contribution in [1.82, 2.24) is 4.90 Å². The first kappa shape index (κ1) is 15.5. The molecule has 1 fully saturated rings. The molecule has 1 aromatic carbocycles. The number of nitriles is 1. The third kappa shape index (κ3) is 5.18. The van der Waals surface area contributed by atoms with Crippen LogP contribution in [0.2, 0.25) is 0 Å². The van der Waals surface area contributed by atoms with Crippen molar-refractivity contribution in [2.24, 2.45) is 0 Å². The van der Waals surface area contributed by atoms with Crippen LogP contribution in [0.1, 0.15) is 24.8 Å². The fraction of sp³-hybridized carbons (Fsp3) is 0.500. The van der Waals surface area contributed by atoms with E-state index in [-0.39, 0.29) is 12.0 Å². The minimum atomic E-state index is -0.0802. The van der Waals surface area contributed by atoms with Crippen LogP contribution in [0, 0.1) is 11.3 Å². The van der Waals surface area contributed by atoms with Crippen molar-refractivity contribution >= 4 is 11.6 Å². The highest BCUT2D eigenvalue weighted by molar-refractivity contribution is 5.92. The molecule has 112 valence electrons. The summed E-state index contributed by atoms with van der Waals surface area (Å²) >= 11 is 0. The van der Waals surface area contributed by atoms with E-state index < -0.39 is 0 Å². The van der Waals surface area contributed by atoms with E-state index >= 15 is 0 Å². The van der Waals surface area contributed by atoms with Gasteiger partial charge in [0.15, 0.2) is 0 Å². The zero-order valence-electron chi connectivity index (χ0n) is 12.3. The molecule has 1 N–H and O–H groups in total. The Morgan fingerprint density at radius 3 is 3.10 bits per heavy atom. The first-order chi connectivity index (χ1) is 10.2. The summed E-state index contributed by atoms with van der Waals surface area (Å²) in [6, 6.07) is 8.98. The van der Waals surface area contributed by atoms with Gasteiger partial charge in [-0.1, -0.05) is 6.07 Å². The molecule has 0 radical (unpaired) electrons. The fourth-order valence-electron chi connectivity index (χ4n) is 2.48. The lowest BCUT2D eigenvalue weighted by molar-refractivity contribution is -0.117. The van der Waals surface area contributed by atoms with Gasteiger partial charge in [0, 0.05) is 18.8 Å². The average molecular weight is 287 g/mol. The van der Waals surface area contributed by atoms with Gasteiger partial charge in [-0.15, -0.1) is 0 Å². The maximum Gasteiger partial charge on any atom is 0.238 e. The van der Waals surface area contributed by atoms with Gasteiger partial charge in [-0.05, 0) is 44.5 Å². The third-order valence-corrected chi connectivity index (χ3v) is 3.48. The molecule has 5 nitrogen and oxygen atoms in total. The Morgan fingerprint density at radius 1 is 1.52 bits per heavy atom. The van der Waals surface area contributed by atoms with E-state index in [0.29, 0.717) is 17.8 Å². The Hall–Kier alpha value is -1.90. The molecule has 21 heavy (non-hydrogen) atoms. The lowest BCUT2D eigenvalue weighted by Crippen LogP contribution is -2.37.